The van der Waals surface area contributed by atoms with Gasteiger partial charge in [0, 0.05) is 12.7 Å². The maximum Gasteiger partial charge on any atom is 0.251 e. The van der Waals surface area contributed by atoms with Crippen molar-refractivity contribution >= 4 is 5.91 Å². The van der Waals surface area contributed by atoms with E-state index in [0.717, 1.165) is 11.1 Å². The van der Waals surface area contributed by atoms with Gasteiger partial charge in [0.15, 0.2) is 0 Å². The fraction of sp³-hybridized carbons (Fsp3) is 0.316. The monoisotopic (exact) mass is 297 g/mol. The van der Waals surface area contributed by atoms with Crippen LogP contribution in [0.2, 0.25) is 0 Å². The zero-order valence-electron chi connectivity index (χ0n) is 13.4. The number of hydrogen-bond donors (Lipinski definition) is 1. The molecule has 1 unspecified atom stereocenters. The van der Waals surface area contributed by atoms with Crippen LogP contribution in [0.5, 0.6) is 0 Å². The van der Waals surface area contributed by atoms with Crippen LogP contribution in [-0.4, -0.2) is 13.0 Å². The first-order valence-electron chi connectivity index (χ1n) is 7.55. The Labute approximate surface area is 132 Å². The van der Waals surface area contributed by atoms with Crippen LogP contribution < -0.4 is 5.32 Å². The molecule has 0 spiro atoms. The van der Waals surface area contributed by atoms with Crippen LogP contribution in [0, 0.1) is 5.92 Å². The van der Waals surface area contributed by atoms with Gasteiger partial charge in [0.25, 0.3) is 5.91 Å². The molecule has 1 N–H and O–H groups in total. The van der Waals surface area contributed by atoms with Gasteiger partial charge in [-0.2, -0.15) is 0 Å². The molecule has 0 aliphatic heterocycles. The first-order chi connectivity index (χ1) is 10.6. The Balaban J connectivity index is 2.11. The van der Waals surface area contributed by atoms with Crippen molar-refractivity contribution in [2.24, 2.45) is 5.92 Å². The summed E-state index contributed by atoms with van der Waals surface area (Å²) in [4.78, 5) is 12.5. The predicted octanol–water partition coefficient (Wildman–Crippen LogP) is 3.96. The molecule has 0 aliphatic carbocycles. The fourth-order valence-corrected chi connectivity index (χ4v) is 2.44. The molecular weight excluding hydrogens is 274 g/mol. The molecular formula is C19H23NO2. The first-order valence-corrected chi connectivity index (χ1v) is 7.55. The number of amides is 1. The number of rotatable bonds is 6. The number of hydrogen-bond acceptors (Lipinski definition) is 2. The second kappa shape index (κ2) is 7.76. The van der Waals surface area contributed by atoms with Crippen molar-refractivity contribution < 1.29 is 9.53 Å². The molecule has 0 heterocycles. The van der Waals surface area contributed by atoms with Gasteiger partial charge in [0.2, 0.25) is 0 Å². The highest BCUT2D eigenvalue weighted by atomic mass is 16.5. The summed E-state index contributed by atoms with van der Waals surface area (Å²) in [6.07, 6.45) is 0. The Morgan fingerprint density at radius 3 is 2.23 bits per heavy atom. The van der Waals surface area contributed by atoms with Gasteiger partial charge in [-0.3, -0.25) is 4.79 Å². The van der Waals surface area contributed by atoms with Gasteiger partial charge >= 0.3 is 0 Å². The van der Waals surface area contributed by atoms with Crippen molar-refractivity contribution in [3.05, 3.63) is 71.3 Å². The topological polar surface area (TPSA) is 38.3 Å². The Kier molecular flexibility index (Phi) is 5.73. The van der Waals surface area contributed by atoms with Crippen molar-refractivity contribution in [3.8, 4) is 0 Å². The number of benzene rings is 2. The summed E-state index contributed by atoms with van der Waals surface area (Å²) < 4.78 is 5.08. The molecule has 0 saturated heterocycles. The molecule has 0 aromatic heterocycles. The van der Waals surface area contributed by atoms with E-state index in [4.69, 9.17) is 4.74 Å². The third kappa shape index (κ3) is 4.18. The van der Waals surface area contributed by atoms with Crippen LogP contribution in [0.15, 0.2) is 54.6 Å². The van der Waals surface area contributed by atoms with E-state index >= 15 is 0 Å². The SMILES string of the molecule is COCc1ccc(C(=O)NC(c2ccccc2)C(C)C)cc1. The summed E-state index contributed by atoms with van der Waals surface area (Å²) in [5, 5.41) is 3.13. The molecule has 1 atom stereocenters. The van der Waals surface area contributed by atoms with E-state index in [-0.39, 0.29) is 11.9 Å². The minimum atomic E-state index is -0.0495. The second-order valence-electron chi connectivity index (χ2n) is 5.74. The number of carbonyl (C=O) groups excluding carboxylic acids is 1. The Bertz CT molecular complexity index is 591. The summed E-state index contributed by atoms with van der Waals surface area (Å²) in [7, 11) is 1.66. The molecule has 2 aromatic rings. The second-order valence-corrected chi connectivity index (χ2v) is 5.74. The lowest BCUT2D eigenvalue weighted by atomic mass is 9.95. The largest absolute Gasteiger partial charge is 0.380 e. The Morgan fingerprint density at radius 1 is 1.05 bits per heavy atom. The third-order valence-corrected chi connectivity index (χ3v) is 3.64. The van der Waals surface area contributed by atoms with Crippen molar-refractivity contribution in [1.29, 1.82) is 0 Å². The van der Waals surface area contributed by atoms with E-state index in [1.807, 2.05) is 54.6 Å². The zero-order valence-corrected chi connectivity index (χ0v) is 13.4. The molecule has 116 valence electrons. The first kappa shape index (κ1) is 16.2. The average molecular weight is 297 g/mol. The fourth-order valence-electron chi connectivity index (χ4n) is 2.44. The van der Waals surface area contributed by atoms with Gasteiger partial charge in [0.05, 0.1) is 12.6 Å². The highest BCUT2D eigenvalue weighted by molar-refractivity contribution is 5.94. The lowest BCUT2D eigenvalue weighted by Crippen LogP contribution is -2.31. The van der Waals surface area contributed by atoms with Crippen LogP contribution in [0.3, 0.4) is 0 Å². The molecule has 0 aliphatic rings. The van der Waals surface area contributed by atoms with E-state index < -0.39 is 0 Å². The van der Waals surface area contributed by atoms with Crippen LogP contribution in [-0.2, 0) is 11.3 Å². The standard InChI is InChI=1S/C19H23NO2/c1-14(2)18(16-7-5-4-6-8-16)20-19(21)17-11-9-15(10-12-17)13-22-3/h4-12,14,18H,13H2,1-3H3,(H,20,21). The van der Waals surface area contributed by atoms with Gasteiger partial charge in [-0.25, -0.2) is 0 Å². The number of nitrogens with one attached hydrogen (secondary N) is 1. The minimum Gasteiger partial charge on any atom is -0.380 e. The smallest absolute Gasteiger partial charge is 0.251 e. The molecule has 0 bridgehead atoms. The van der Waals surface area contributed by atoms with Gasteiger partial charge in [-0.15, -0.1) is 0 Å². The minimum absolute atomic E-state index is 0.00681. The third-order valence-electron chi connectivity index (χ3n) is 3.64. The van der Waals surface area contributed by atoms with E-state index in [0.29, 0.717) is 18.1 Å². The van der Waals surface area contributed by atoms with Crippen LogP contribution in [0.4, 0.5) is 0 Å². The van der Waals surface area contributed by atoms with E-state index in [1.54, 1.807) is 7.11 Å². The van der Waals surface area contributed by atoms with Crippen LogP contribution in [0.25, 0.3) is 0 Å². The summed E-state index contributed by atoms with van der Waals surface area (Å²) in [5.41, 5.74) is 2.85. The van der Waals surface area contributed by atoms with Crippen molar-refractivity contribution in [3.63, 3.8) is 0 Å². The van der Waals surface area contributed by atoms with Gasteiger partial charge in [0.1, 0.15) is 0 Å². The van der Waals surface area contributed by atoms with Crippen molar-refractivity contribution in [2.75, 3.05) is 7.11 Å². The predicted molar refractivity (Wildman–Crippen MR) is 88.6 cm³/mol. The van der Waals surface area contributed by atoms with Crippen molar-refractivity contribution in [2.45, 2.75) is 26.5 Å². The summed E-state index contributed by atoms with van der Waals surface area (Å²) in [6, 6.07) is 17.6. The highest BCUT2D eigenvalue weighted by Gasteiger charge is 2.18. The molecule has 3 nitrogen and oxygen atoms in total. The number of ether oxygens (including phenoxy) is 1. The lowest BCUT2D eigenvalue weighted by molar-refractivity contribution is 0.0925. The molecule has 2 rings (SSSR count). The van der Waals surface area contributed by atoms with Gasteiger partial charge in [-0.05, 0) is 29.2 Å². The van der Waals surface area contributed by atoms with Crippen molar-refractivity contribution in [1.82, 2.24) is 5.32 Å². The van der Waals surface area contributed by atoms with Gasteiger partial charge in [-0.1, -0.05) is 56.3 Å². The van der Waals surface area contributed by atoms with Crippen LogP contribution in [0.1, 0.15) is 41.4 Å². The Hall–Kier alpha value is -2.13. The van der Waals surface area contributed by atoms with E-state index in [9.17, 15) is 4.79 Å². The summed E-state index contributed by atoms with van der Waals surface area (Å²) >= 11 is 0. The molecule has 0 saturated carbocycles. The lowest BCUT2D eigenvalue weighted by Gasteiger charge is -2.23. The van der Waals surface area contributed by atoms with E-state index in [2.05, 4.69) is 19.2 Å². The number of methoxy groups -OCH3 is 1. The van der Waals surface area contributed by atoms with Crippen LogP contribution >= 0.6 is 0 Å². The normalized spacial score (nSPS) is 12.2. The zero-order chi connectivity index (χ0) is 15.9. The highest BCUT2D eigenvalue weighted by Crippen LogP contribution is 2.22. The summed E-state index contributed by atoms with van der Waals surface area (Å²) in [5.74, 6) is 0.269. The number of carbonyl (C=O) groups is 1. The molecule has 2 aromatic carbocycles. The maximum absolute atomic E-state index is 12.5. The molecule has 0 radical (unpaired) electrons. The molecule has 3 heteroatoms. The van der Waals surface area contributed by atoms with Gasteiger partial charge < -0.3 is 10.1 Å². The average Bonchev–Trinajstić information content (AvgIpc) is 2.54. The van der Waals surface area contributed by atoms with E-state index in [1.165, 1.54) is 0 Å². The Morgan fingerprint density at radius 2 is 1.68 bits per heavy atom. The molecule has 0 fully saturated rings. The quantitative estimate of drug-likeness (QED) is 0.876. The maximum atomic E-state index is 12.5. The molecule has 1 amide bonds. The summed E-state index contributed by atoms with van der Waals surface area (Å²) in [6.45, 7) is 4.78. The molecule has 22 heavy (non-hydrogen) atoms.